The van der Waals surface area contributed by atoms with Crippen LogP contribution in [-0.4, -0.2) is 34.1 Å². The zero-order chi connectivity index (χ0) is 13.1. The van der Waals surface area contributed by atoms with Gasteiger partial charge in [-0.25, -0.2) is 9.97 Å². The Morgan fingerprint density at radius 3 is 3.06 bits per heavy atom. The molecule has 94 valence electrons. The first-order valence-electron chi connectivity index (χ1n) is 5.40. The number of hydrogen-bond donors (Lipinski definition) is 1. The predicted molar refractivity (Wildman–Crippen MR) is 72.2 cm³/mol. The standard InChI is InChI=1S/C12H13N3O2S/c1-3-4-15(5-9(16)17)12-11-10(13-7-14-12)8(2)6-18-11/h3,6-7H,1,4-5H2,2H3,(H,16,17). The molecule has 0 aromatic carbocycles. The van der Waals surface area contributed by atoms with Gasteiger partial charge in [0.2, 0.25) is 0 Å². The highest BCUT2D eigenvalue weighted by molar-refractivity contribution is 7.18. The number of rotatable bonds is 5. The van der Waals surface area contributed by atoms with Crippen molar-refractivity contribution in [1.29, 1.82) is 0 Å². The summed E-state index contributed by atoms with van der Waals surface area (Å²) in [5, 5.41) is 10.9. The van der Waals surface area contributed by atoms with Crippen LogP contribution in [0, 0.1) is 6.92 Å². The second-order valence-electron chi connectivity index (χ2n) is 3.86. The Kier molecular flexibility index (Phi) is 3.57. The number of aromatic nitrogens is 2. The molecule has 0 amide bonds. The molecule has 0 radical (unpaired) electrons. The Balaban J connectivity index is 2.49. The molecule has 2 aromatic rings. The van der Waals surface area contributed by atoms with Crippen LogP contribution < -0.4 is 4.90 Å². The highest BCUT2D eigenvalue weighted by Gasteiger charge is 2.16. The molecule has 0 aliphatic rings. The number of anilines is 1. The van der Waals surface area contributed by atoms with Crippen LogP contribution in [0.5, 0.6) is 0 Å². The van der Waals surface area contributed by atoms with E-state index >= 15 is 0 Å². The van der Waals surface area contributed by atoms with E-state index in [2.05, 4.69) is 16.5 Å². The average Bonchev–Trinajstić information content (AvgIpc) is 2.70. The molecule has 0 saturated carbocycles. The molecular weight excluding hydrogens is 250 g/mol. The number of carbonyl (C=O) groups is 1. The normalized spacial score (nSPS) is 10.5. The number of carboxylic acid groups (broad SMARTS) is 1. The third-order valence-electron chi connectivity index (χ3n) is 2.49. The van der Waals surface area contributed by atoms with E-state index in [1.807, 2.05) is 12.3 Å². The fourth-order valence-corrected chi connectivity index (χ4v) is 2.75. The number of carboxylic acids is 1. The van der Waals surface area contributed by atoms with E-state index in [1.165, 1.54) is 17.7 Å². The van der Waals surface area contributed by atoms with Crippen LogP contribution in [0.4, 0.5) is 5.82 Å². The fraction of sp³-hybridized carbons (Fsp3) is 0.250. The highest BCUT2D eigenvalue weighted by atomic mass is 32.1. The summed E-state index contributed by atoms with van der Waals surface area (Å²) in [6.45, 7) is 5.96. The lowest BCUT2D eigenvalue weighted by Gasteiger charge is -2.20. The minimum atomic E-state index is -0.892. The zero-order valence-electron chi connectivity index (χ0n) is 9.96. The second-order valence-corrected chi connectivity index (χ2v) is 4.74. The van der Waals surface area contributed by atoms with Gasteiger partial charge >= 0.3 is 5.97 Å². The van der Waals surface area contributed by atoms with E-state index in [-0.39, 0.29) is 6.54 Å². The van der Waals surface area contributed by atoms with Gasteiger partial charge in [0, 0.05) is 6.54 Å². The summed E-state index contributed by atoms with van der Waals surface area (Å²) >= 11 is 1.53. The molecule has 18 heavy (non-hydrogen) atoms. The van der Waals surface area contributed by atoms with Crippen LogP contribution in [0.15, 0.2) is 24.4 Å². The van der Waals surface area contributed by atoms with Crippen molar-refractivity contribution in [3.05, 3.63) is 29.9 Å². The lowest BCUT2D eigenvalue weighted by atomic mass is 10.3. The number of aliphatic carboxylic acids is 1. The van der Waals surface area contributed by atoms with Crippen LogP contribution >= 0.6 is 11.3 Å². The molecule has 6 heteroatoms. The maximum Gasteiger partial charge on any atom is 0.323 e. The van der Waals surface area contributed by atoms with Gasteiger partial charge in [0.25, 0.3) is 0 Å². The first-order valence-corrected chi connectivity index (χ1v) is 6.28. The van der Waals surface area contributed by atoms with Crippen molar-refractivity contribution < 1.29 is 9.90 Å². The Morgan fingerprint density at radius 2 is 2.39 bits per heavy atom. The zero-order valence-corrected chi connectivity index (χ0v) is 10.8. The molecular formula is C12H13N3O2S. The van der Waals surface area contributed by atoms with Crippen molar-refractivity contribution in [2.24, 2.45) is 0 Å². The molecule has 0 spiro atoms. The summed E-state index contributed by atoms with van der Waals surface area (Å²) in [6.07, 6.45) is 3.13. The molecule has 0 atom stereocenters. The largest absolute Gasteiger partial charge is 0.480 e. The summed E-state index contributed by atoms with van der Waals surface area (Å²) in [5.74, 6) is -0.239. The molecule has 5 nitrogen and oxygen atoms in total. The SMILES string of the molecule is C=CCN(CC(=O)O)c1ncnc2c(C)csc12. The molecule has 1 N–H and O–H groups in total. The second kappa shape index (κ2) is 5.14. The number of aryl methyl sites for hydroxylation is 1. The lowest BCUT2D eigenvalue weighted by Crippen LogP contribution is -2.30. The van der Waals surface area contributed by atoms with Crippen molar-refractivity contribution in [2.45, 2.75) is 6.92 Å². The van der Waals surface area contributed by atoms with E-state index in [0.29, 0.717) is 12.4 Å². The topological polar surface area (TPSA) is 66.3 Å². The smallest absolute Gasteiger partial charge is 0.323 e. The average molecular weight is 263 g/mol. The van der Waals surface area contributed by atoms with Crippen molar-refractivity contribution in [1.82, 2.24) is 9.97 Å². The van der Waals surface area contributed by atoms with Crippen molar-refractivity contribution >= 4 is 33.3 Å². The van der Waals surface area contributed by atoms with E-state index in [0.717, 1.165) is 15.8 Å². The number of thiophene rings is 1. The van der Waals surface area contributed by atoms with E-state index in [1.54, 1.807) is 11.0 Å². The maximum absolute atomic E-state index is 10.9. The van der Waals surface area contributed by atoms with E-state index in [9.17, 15) is 4.79 Å². The van der Waals surface area contributed by atoms with Gasteiger partial charge in [-0.05, 0) is 17.9 Å². The van der Waals surface area contributed by atoms with Crippen molar-refractivity contribution in [3.63, 3.8) is 0 Å². The van der Waals surface area contributed by atoms with Gasteiger partial charge in [0.15, 0.2) is 5.82 Å². The van der Waals surface area contributed by atoms with Crippen LogP contribution in [-0.2, 0) is 4.79 Å². The molecule has 0 bridgehead atoms. The molecule has 0 fully saturated rings. The van der Waals surface area contributed by atoms with Gasteiger partial charge in [-0.3, -0.25) is 4.79 Å². The van der Waals surface area contributed by atoms with Crippen LogP contribution in [0.25, 0.3) is 10.2 Å². The van der Waals surface area contributed by atoms with Crippen molar-refractivity contribution in [2.75, 3.05) is 18.0 Å². The van der Waals surface area contributed by atoms with E-state index in [4.69, 9.17) is 5.11 Å². The maximum atomic E-state index is 10.9. The first kappa shape index (κ1) is 12.5. The molecule has 2 heterocycles. The minimum absolute atomic E-state index is 0.102. The Morgan fingerprint density at radius 1 is 1.61 bits per heavy atom. The summed E-state index contributed by atoms with van der Waals surface area (Å²) in [6, 6.07) is 0. The Bertz CT molecular complexity index is 594. The van der Waals surface area contributed by atoms with Crippen LogP contribution in [0.2, 0.25) is 0 Å². The van der Waals surface area contributed by atoms with Gasteiger partial charge in [0.05, 0.1) is 10.2 Å². The molecule has 2 aromatic heterocycles. The number of nitrogens with zero attached hydrogens (tertiary/aromatic N) is 3. The summed E-state index contributed by atoms with van der Waals surface area (Å²) in [5.41, 5.74) is 1.96. The predicted octanol–water partition coefficient (Wildman–Crippen LogP) is 2.08. The fourth-order valence-electron chi connectivity index (χ4n) is 1.73. The lowest BCUT2D eigenvalue weighted by molar-refractivity contribution is -0.135. The molecule has 0 aliphatic heterocycles. The monoisotopic (exact) mass is 263 g/mol. The van der Waals surface area contributed by atoms with Gasteiger partial charge in [0.1, 0.15) is 12.9 Å². The van der Waals surface area contributed by atoms with Gasteiger partial charge in [-0.1, -0.05) is 6.08 Å². The third kappa shape index (κ3) is 2.33. The Hall–Kier alpha value is -1.95. The third-order valence-corrected chi connectivity index (χ3v) is 3.57. The summed E-state index contributed by atoms with van der Waals surface area (Å²) in [4.78, 5) is 21.0. The quantitative estimate of drug-likeness (QED) is 0.836. The number of hydrogen-bond acceptors (Lipinski definition) is 5. The molecule has 0 saturated heterocycles. The number of fused-ring (bicyclic) bond motifs is 1. The highest BCUT2D eigenvalue weighted by Crippen LogP contribution is 2.30. The van der Waals surface area contributed by atoms with Gasteiger partial charge < -0.3 is 10.0 Å². The van der Waals surface area contributed by atoms with Gasteiger partial charge in [-0.2, -0.15) is 0 Å². The summed E-state index contributed by atoms with van der Waals surface area (Å²) < 4.78 is 0.915. The molecule has 0 aliphatic carbocycles. The summed E-state index contributed by atoms with van der Waals surface area (Å²) in [7, 11) is 0. The van der Waals surface area contributed by atoms with Crippen LogP contribution in [0.1, 0.15) is 5.56 Å². The Labute approximate surface area is 108 Å². The minimum Gasteiger partial charge on any atom is -0.480 e. The molecule has 0 unspecified atom stereocenters. The van der Waals surface area contributed by atoms with E-state index < -0.39 is 5.97 Å². The van der Waals surface area contributed by atoms with Gasteiger partial charge in [-0.15, -0.1) is 17.9 Å². The van der Waals surface area contributed by atoms with Crippen molar-refractivity contribution in [3.8, 4) is 0 Å². The van der Waals surface area contributed by atoms with Crippen LogP contribution in [0.3, 0.4) is 0 Å². The first-order chi connectivity index (χ1) is 8.63. The molecule has 2 rings (SSSR count).